The van der Waals surface area contributed by atoms with Crippen molar-refractivity contribution in [3.8, 4) is 73.2 Å². The number of aryl methyl sites for hydroxylation is 1. The highest BCUT2D eigenvalue weighted by molar-refractivity contribution is 6.16. The van der Waals surface area contributed by atoms with Crippen molar-refractivity contribution in [2.45, 2.75) is 6.92 Å². The van der Waals surface area contributed by atoms with Crippen molar-refractivity contribution in [1.29, 1.82) is 0 Å². The molecule has 0 unspecified atom stereocenters. The minimum atomic E-state index is 0.691. The minimum absolute atomic E-state index is 0.691. The van der Waals surface area contributed by atoms with Crippen molar-refractivity contribution in [2.75, 3.05) is 0 Å². The Morgan fingerprint density at radius 2 is 0.792 bits per heavy atom. The summed E-state index contributed by atoms with van der Waals surface area (Å²) in [6.45, 7) is 2.20. The van der Waals surface area contributed by atoms with E-state index >= 15 is 0 Å². The standard InChI is InChI=1S/C67H45N5/c1-44-40-58-55(67-68-59(45-20-6-2-7-21-45)43-60(69-67)46-22-8-3-9-23-46)38-37-53(66(58)70(44)49-25-10-4-11-26-49)48-36-39-63-57(42-48)54-30-14-16-33-61(54)72(63)51-29-18-24-47(41-51)52-32-19-35-64-65(52)56-31-15-17-34-62(56)71(64)50-27-12-5-13-28-50/h2-43H,1H3. The van der Waals surface area contributed by atoms with Gasteiger partial charge in [-0.15, -0.1) is 0 Å². The molecule has 0 aliphatic rings. The Bertz CT molecular complexity index is 4320. The van der Waals surface area contributed by atoms with Gasteiger partial charge in [-0.1, -0.05) is 170 Å². The lowest BCUT2D eigenvalue weighted by Crippen LogP contribution is -1.99. The van der Waals surface area contributed by atoms with Gasteiger partial charge >= 0.3 is 0 Å². The summed E-state index contributed by atoms with van der Waals surface area (Å²) < 4.78 is 7.22. The van der Waals surface area contributed by atoms with Crippen molar-refractivity contribution in [2.24, 2.45) is 0 Å². The summed E-state index contributed by atoms with van der Waals surface area (Å²) in [6.07, 6.45) is 0. The number of fused-ring (bicyclic) bond motifs is 7. The van der Waals surface area contributed by atoms with Gasteiger partial charge in [-0.3, -0.25) is 0 Å². The first-order valence-corrected chi connectivity index (χ1v) is 24.6. The Morgan fingerprint density at radius 3 is 1.49 bits per heavy atom. The van der Waals surface area contributed by atoms with Crippen molar-refractivity contribution >= 4 is 54.5 Å². The first-order valence-electron chi connectivity index (χ1n) is 24.6. The van der Waals surface area contributed by atoms with Crippen LogP contribution in [0.2, 0.25) is 0 Å². The maximum atomic E-state index is 5.31. The molecule has 14 rings (SSSR count). The summed E-state index contributed by atoms with van der Waals surface area (Å²) in [5.74, 6) is 0.691. The normalized spacial score (nSPS) is 11.7. The molecule has 0 atom stereocenters. The van der Waals surface area contributed by atoms with Crippen LogP contribution in [-0.4, -0.2) is 23.7 Å². The van der Waals surface area contributed by atoms with Crippen molar-refractivity contribution in [3.05, 3.63) is 260 Å². The molecule has 5 nitrogen and oxygen atoms in total. The SMILES string of the molecule is Cc1cc2c(-c3nc(-c4ccccc4)cc(-c4ccccc4)n3)ccc(-c3ccc4c(c3)c3ccccc3n4-c3cccc(-c4cccc5c4c4ccccc4n5-c4ccccc4)c3)c2n1-c1ccccc1. The van der Waals surface area contributed by atoms with Gasteiger partial charge in [0.05, 0.1) is 39.0 Å². The van der Waals surface area contributed by atoms with Crippen LogP contribution >= 0.6 is 0 Å². The lowest BCUT2D eigenvalue weighted by molar-refractivity contribution is 1.05. The van der Waals surface area contributed by atoms with Crippen LogP contribution in [0.1, 0.15) is 5.69 Å². The van der Waals surface area contributed by atoms with Gasteiger partial charge in [0, 0.05) is 71.9 Å². The second-order valence-electron chi connectivity index (χ2n) is 18.6. The van der Waals surface area contributed by atoms with E-state index in [2.05, 4.69) is 263 Å². The molecule has 10 aromatic carbocycles. The third-order valence-electron chi connectivity index (χ3n) is 14.4. The van der Waals surface area contributed by atoms with Crippen LogP contribution in [0.5, 0.6) is 0 Å². The van der Waals surface area contributed by atoms with E-state index in [4.69, 9.17) is 9.97 Å². The van der Waals surface area contributed by atoms with E-state index in [1.54, 1.807) is 0 Å². The summed E-state index contributed by atoms with van der Waals surface area (Å²) in [5, 5.41) is 5.98. The number of aromatic nitrogens is 5. The van der Waals surface area contributed by atoms with Crippen molar-refractivity contribution < 1.29 is 0 Å². The second kappa shape index (κ2) is 16.8. The van der Waals surface area contributed by atoms with Gasteiger partial charge < -0.3 is 13.7 Å². The fourth-order valence-electron chi connectivity index (χ4n) is 11.2. The average Bonchev–Trinajstić information content (AvgIpc) is 4.10. The lowest BCUT2D eigenvalue weighted by Gasteiger charge is -2.15. The molecule has 0 N–H and O–H groups in total. The topological polar surface area (TPSA) is 40.6 Å². The number of benzene rings is 10. The highest BCUT2D eigenvalue weighted by Crippen LogP contribution is 2.43. The molecular weight excluding hydrogens is 875 g/mol. The first kappa shape index (κ1) is 41.4. The van der Waals surface area contributed by atoms with Crippen LogP contribution in [0, 0.1) is 6.92 Å². The van der Waals surface area contributed by atoms with Gasteiger partial charge in [-0.05, 0) is 109 Å². The van der Waals surface area contributed by atoms with Crippen LogP contribution in [0.25, 0.3) is 128 Å². The smallest absolute Gasteiger partial charge is 0.161 e. The van der Waals surface area contributed by atoms with Gasteiger partial charge in [0.1, 0.15) is 0 Å². The monoisotopic (exact) mass is 919 g/mol. The predicted octanol–water partition coefficient (Wildman–Crippen LogP) is 17.3. The van der Waals surface area contributed by atoms with Crippen LogP contribution in [-0.2, 0) is 0 Å². The molecule has 4 heterocycles. The molecule has 0 aliphatic heterocycles. The van der Waals surface area contributed by atoms with E-state index in [0.29, 0.717) is 5.82 Å². The number of rotatable bonds is 8. The summed E-state index contributed by atoms with van der Waals surface area (Å²) >= 11 is 0. The number of hydrogen-bond acceptors (Lipinski definition) is 2. The largest absolute Gasteiger partial charge is 0.313 e. The lowest BCUT2D eigenvalue weighted by atomic mass is 9.97. The summed E-state index contributed by atoms with van der Waals surface area (Å²) in [5.41, 5.74) is 19.8. The molecular formula is C67H45N5. The van der Waals surface area contributed by atoms with Crippen LogP contribution in [0.15, 0.2) is 255 Å². The second-order valence-corrected chi connectivity index (χ2v) is 18.6. The van der Waals surface area contributed by atoms with Gasteiger partial charge in [0.2, 0.25) is 0 Å². The highest BCUT2D eigenvalue weighted by atomic mass is 15.0. The number of para-hydroxylation sites is 4. The molecule has 0 bridgehead atoms. The zero-order valence-corrected chi connectivity index (χ0v) is 39.5. The number of nitrogens with zero attached hydrogens (tertiary/aromatic N) is 5. The molecule has 338 valence electrons. The van der Waals surface area contributed by atoms with E-state index < -0.39 is 0 Å². The van der Waals surface area contributed by atoms with Gasteiger partial charge in [-0.25, -0.2) is 9.97 Å². The predicted molar refractivity (Wildman–Crippen MR) is 299 cm³/mol. The molecule has 0 spiro atoms. The highest BCUT2D eigenvalue weighted by Gasteiger charge is 2.22. The molecule has 0 radical (unpaired) electrons. The zero-order valence-electron chi connectivity index (χ0n) is 39.5. The van der Waals surface area contributed by atoms with E-state index in [9.17, 15) is 0 Å². The quantitative estimate of drug-likeness (QED) is 0.152. The van der Waals surface area contributed by atoms with Gasteiger partial charge in [-0.2, -0.15) is 0 Å². The van der Waals surface area contributed by atoms with E-state index in [0.717, 1.165) is 83.9 Å². The van der Waals surface area contributed by atoms with E-state index in [1.807, 2.05) is 12.1 Å². The van der Waals surface area contributed by atoms with Crippen LogP contribution < -0.4 is 0 Å². The molecule has 0 saturated carbocycles. The minimum Gasteiger partial charge on any atom is -0.313 e. The fraction of sp³-hybridized carbons (Fsp3) is 0.0149. The third kappa shape index (κ3) is 6.70. The molecule has 0 amide bonds. The Labute approximate surface area is 416 Å². The van der Waals surface area contributed by atoms with Crippen molar-refractivity contribution in [1.82, 2.24) is 23.7 Å². The molecule has 4 aromatic heterocycles. The van der Waals surface area contributed by atoms with E-state index in [1.165, 1.54) is 43.7 Å². The summed E-state index contributed by atoms with van der Waals surface area (Å²) in [6, 6.07) is 91.5. The number of hydrogen-bond donors (Lipinski definition) is 0. The zero-order chi connectivity index (χ0) is 47.7. The Morgan fingerprint density at radius 1 is 0.292 bits per heavy atom. The molecule has 0 saturated heterocycles. The molecule has 14 aromatic rings. The molecule has 72 heavy (non-hydrogen) atoms. The Hall–Kier alpha value is -9.58. The third-order valence-corrected chi connectivity index (χ3v) is 14.4. The molecule has 5 heteroatoms. The maximum Gasteiger partial charge on any atom is 0.161 e. The maximum absolute atomic E-state index is 5.31. The average molecular weight is 920 g/mol. The van der Waals surface area contributed by atoms with E-state index in [-0.39, 0.29) is 0 Å². The first-order chi connectivity index (χ1) is 35.6. The van der Waals surface area contributed by atoms with Gasteiger partial charge in [0.15, 0.2) is 5.82 Å². The Kier molecular flexibility index (Phi) is 9.68. The Balaban J connectivity index is 0.948. The summed E-state index contributed by atoms with van der Waals surface area (Å²) in [4.78, 5) is 10.6. The van der Waals surface area contributed by atoms with Crippen LogP contribution in [0.4, 0.5) is 0 Å². The van der Waals surface area contributed by atoms with Gasteiger partial charge in [0.25, 0.3) is 0 Å². The summed E-state index contributed by atoms with van der Waals surface area (Å²) in [7, 11) is 0. The molecule has 0 fully saturated rings. The van der Waals surface area contributed by atoms with Crippen molar-refractivity contribution in [3.63, 3.8) is 0 Å². The van der Waals surface area contributed by atoms with Crippen LogP contribution in [0.3, 0.4) is 0 Å². The fourth-order valence-corrected chi connectivity index (χ4v) is 11.2. The molecule has 0 aliphatic carbocycles.